The Kier molecular flexibility index (Phi) is 5.22. The highest BCUT2D eigenvalue weighted by Gasteiger charge is 2.23. The first-order valence-corrected chi connectivity index (χ1v) is 10.8. The van der Waals surface area contributed by atoms with E-state index in [2.05, 4.69) is 15.6 Å². The maximum absolute atomic E-state index is 13.0. The number of fused-ring (bicyclic) bond motifs is 1. The Labute approximate surface area is 190 Å². The van der Waals surface area contributed by atoms with E-state index in [-0.39, 0.29) is 23.4 Å². The first kappa shape index (κ1) is 20.6. The number of nitrogens with one attached hydrogen (secondary N) is 2. The Morgan fingerprint density at radius 2 is 1.67 bits per heavy atom. The molecule has 1 fully saturated rings. The van der Waals surface area contributed by atoms with Crippen molar-refractivity contribution < 1.29 is 9.59 Å². The Morgan fingerprint density at radius 1 is 0.909 bits per heavy atom. The summed E-state index contributed by atoms with van der Waals surface area (Å²) in [4.78, 5) is 42.5. The van der Waals surface area contributed by atoms with Crippen LogP contribution in [0.3, 0.4) is 0 Å². The Morgan fingerprint density at radius 3 is 2.42 bits per heavy atom. The van der Waals surface area contributed by atoms with Gasteiger partial charge in [-0.15, -0.1) is 0 Å². The highest BCUT2D eigenvalue weighted by Crippen LogP contribution is 2.20. The molecule has 7 nitrogen and oxygen atoms in total. The lowest BCUT2D eigenvalue weighted by molar-refractivity contribution is 0.0949. The minimum atomic E-state index is -0.304. The zero-order valence-corrected chi connectivity index (χ0v) is 18.0. The monoisotopic (exact) mass is 438 g/mol. The number of aryl methyl sites for hydroxylation is 1. The molecule has 0 bridgehead atoms. The molecule has 1 aliphatic rings. The Hall–Kier alpha value is -4.26. The van der Waals surface area contributed by atoms with E-state index < -0.39 is 0 Å². The van der Waals surface area contributed by atoms with E-state index in [1.807, 2.05) is 18.2 Å². The molecule has 33 heavy (non-hydrogen) atoms. The summed E-state index contributed by atoms with van der Waals surface area (Å²) in [5, 5.41) is 6.31. The predicted molar refractivity (Wildman–Crippen MR) is 127 cm³/mol. The highest BCUT2D eigenvalue weighted by molar-refractivity contribution is 6.05. The number of hydrogen-bond acceptors (Lipinski definition) is 4. The molecule has 3 aromatic carbocycles. The van der Waals surface area contributed by atoms with Crippen molar-refractivity contribution in [2.75, 3.05) is 5.32 Å². The standard InChI is InChI=1S/C26H22N4O3/c1-16-27-23-8-3-2-7-22(23)26(33)30(16)21-13-9-17(10-14-21)24(31)29-20-6-4-5-18(15-20)25(32)28-19-11-12-19/h2-10,13-15,19H,11-12H2,1H3,(H,28,32)(H,29,31). The molecule has 0 radical (unpaired) electrons. The van der Waals surface area contributed by atoms with Crippen LogP contribution in [0.25, 0.3) is 16.6 Å². The van der Waals surface area contributed by atoms with Gasteiger partial charge in [-0.05, 0) is 74.4 Å². The third-order valence-electron chi connectivity index (χ3n) is 5.63. The predicted octanol–water partition coefficient (Wildman–Crippen LogP) is 3.84. The second-order valence-electron chi connectivity index (χ2n) is 8.15. The van der Waals surface area contributed by atoms with E-state index in [9.17, 15) is 14.4 Å². The first-order valence-electron chi connectivity index (χ1n) is 10.8. The van der Waals surface area contributed by atoms with Crippen LogP contribution in [0.4, 0.5) is 5.69 Å². The molecule has 0 aliphatic heterocycles. The van der Waals surface area contributed by atoms with Gasteiger partial charge >= 0.3 is 0 Å². The largest absolute Gasteiger partial charge is 0.349 e. The number of nitrogens with zero attached hydrogens (tertiary/aromatic N) is 2. The fourth-order valence-corrected chi connectivity index (χ4v) is 3.75. The molecule has 164 valence electrons. The number of benzene rings is 3. The molecule has 4 aromatic rings. The number of carbonyl (C=O) groups excluding carboxylic acids is 2. The maximum Gasteiger partial charge on any atom is 0.265 e. The summed E-state index contributed by atoms with van der Waals surface area (Å²) in [6.07, 6.45) is 2.03. The van der Waals surface area contributed by atoms with Crippen molar-refractivity contribution >= 4 is 28.4 Å². The van der Waals surface area contributed by atoms with E-state index in [1.165, 1.54) is 4.57 Å². The van der Waals surface area contributed by atoms with Gasteiger partial charge in [-0.1, -0.05) is 18.2 Å². The average molecular weight is 438 g/mol. The van der Waals surface area contributed by atoms with Gasteiger partial charge in [-0.2, -0.15) is 0 Å². The number of para-hydroxylation sites is 1. The third-order valence-corrected chi connectivity index (χ3v) is 5.63. The van der Waals surface area contributed by atoms with E-state index in [4.69, 9.17) is 0 Å². The highest BCUT2D eigenvalue weighted by atomic mass is 16.2. The van der Waals surface area contributed by atoms with Crippen molar-refractivity contribution in [1.29, 1.82) is 0 Å². The van der Waals surface area contributed by atoms with Crippen LogP contribution < -0.4 is 16.2 Å². The SMILES string of the molecule is Cc1nc2ccccc2c(=O)n1-c1ccc(C(=O)Nc2cccc(C(=O)NC3CC3)c2)cc1. The number of amides is 2. The molecule has 0 spiro atoms. The second kappa shape index (κ2) is 8.35. The van der Waals surface area contributed by atoms with Gasteiger partial charge in [0.2, 0.25) is 0 Å². The van der Waals surface area contributed by atoms with Crippen LogP contribution in [-0.2, 0) is 0 Å². The Balaban J connectivity index is 1.36. The Bertz CT molecular complexity index is 1440. The van der Waals surface area contributed by atoms with Gasteiger partial charge in [-0.25, -0.2) is 4.98 Å². The van der Waals surface area contributed by atoms with Gasteiger partial charge in [0, 0.05) is 22.9 Å². The van der Waals surface area contributed by atoms with Crippen LogP contribution in [0.1, 0.15) is 39.4 Å². The topological polar surface area (TPSA) is 93.1 Å². The van der Waals surface area contributed by atoms with Crippen molar-refractivity contribution in [3.8, 4) is 5.69 Å². The summed E-state index contributed by atoms with van der Waals surface area (Å²) in [5.74, 6) is 0.127. The molecule has 1 saturated carbocycles. The molecule has 2 N–H and O–H groups in total. The zero-order chi connectivity index (χ0) is 22.9. The first-order chi connectivity index (χ1) is 16.0. The van der Waals surface area contributed by atoms with Crippen LogP contribution in [0.5, 0.6) is 0 Å². The molecular formula is C26H22N4O3. The fraction of sp³-hybridized carbons (Fsp3) is 0.154. The average Bonchev–Trinajstić information content (AvgIpc) is 3.64. The third kappa shape index (κ3) is 4.25. The van der Waals surface area contributed by atoms with Crippen LogP contribution in [0.15, 0.2) is 77.6 Å². The lowest BCUT2D eigenvalue weighted by Crippen LogP contribution is -2.25. The number of rotatable bonds is 5. The molecule has 1 heterocycles. The minimum Gasteiger partial charge on any atom is -0.349 e. The van der Waals surface area contributed by atoms with E-state index in [0.29, 0.717) is 39.2 Å². The molecular weight excluding hydrogens is 416 g/mol. The summed E-state index contributed by atoms with van der Waals surface area (Å²) in [6, 6.07) is 21.1. The van der Waals surface area contributed by atoms with Gasteiger partial charge in [0.05, 0.1) is 16.6 Å². The normalized spacial score (nSPS) is 13.0. The second-order valence-corrected chi connectivity index (χ2v) is 8.15. The number of carbonyl (C=O) groups is 2. The van der Waals surface area contributed by atoms with Crippen LogP contribution >= 0.6 is 0 Å². The fourth-order valence-electron chi connectivity index (χ4n) is 3.75. The molecule has 7 heteroatoms. The summed E-state index contributed by atoms with van der Waals surface area (Å²) in [6.45, 7) is 1.78. The molecule has 0 atom stereocenters. The van der Waals surface area contributed by atoms with Crippen LogP contribution in [0, 0.1) is 6.92 Å². The van der Waals surface area contributed by atoms with Crippen LogP contribution in [-0.4, -0.2) is 27.4 Å². The van der Waals surface area contributed by atoms with Gasteiger partial charge < -0.3 is 10.6 Å². The van der Waals surface area contributed by atoms with E-state index in [1.54, 1.807) is 61.5 Å². The summed E-state index contributed by atoms with van der Waals surface area (Å²) in [5.41, 5.74) is 2.61. The summed E-state index contributed by atoms with van der Waals surface area (Å²) < 4.78 is 1.53. The number of anilines is 1. The van der Waals surface area contributed by atoms with Gasteiger partial charge in [-0.3, -0.25) is 19.0 Å². The molecule has 0 saturated heterocycles. The smallest absolute Gasteiger partial charge is 0.265 e. The number of hydrogen-bond donors (Lipinski definition) is 2. The van der Waals surface area contributed by atoms with Crippen molar-refractivity contribution in [1.82, 2.24) is 14.9 Å². The van der Waals surface area contributed by atoms with E-state index in [0.717, 1.165) is 12.8 Å². The summed E-state index contributed by atoms with van der Waals surface area (Å²) >= 11 is 0. The minimum absolute atomic E-state index is 0.136. The zero-order valence-electron chi connectivity index (χ0n) is 18.0. The molecule has 1 aromatic heterocycles. The molecule has 5 rings (SSSR count). The molecule has 1 aliphatic carbocycles. The molecule has 2 amide bonds. The van der Waals surface area contributed by atoms with E-state index >= 15 is 0 Å². The summed E-state index contributed by atoms with van der Waals surface area (Å²) in [7, 11) is 0. The van der Waals surface area contributed by atoms with Gasteiger partial charge in [0.1, 0.15) is 5.82 Å². The lowest BCUT2D eigenvalue weighted by atomic mass is 10.1. The van der Waals surface area contributed by atoms with Gasteiger partial charge in [0.15, 0.2) is 0 Å². The van der Waals surface area contributed by atoms with Crippen molar-refractivity contribution in [2.45, 2.75) is 25.8 Å². The maximum atomic E-state index is 13.0. The van der Waals surface area contributed by atoms with Crippen molar-refractivity contribution in [2.24, 2.45) is 0 Å². The lowest BCUT2D eigenvalue weighted by Gasteiger charge is -2.12. The number of aromatic nitrogens is 2. The quantitative estimate of drug-likeness (QED) is 0.495. The molecule has 0 unspecified atom stereocenters. The van der Waals surface area contributed by atoms with Crippen molar-refractivity contribution in [3.63, 3.8) is 0 Å². The van der Waals surface area contributed by atoms with Crippen LogP contribution in [0.2, 0.25) is 0 Å². The van der Waals surface area contributed by atoms with Gasteiger partial charge in [0.25, 0.3) is 17.4 Å². The van der Waals surface area contributed by atoms with Crippen molar-refractivity contribution in [3.05, 3.63) is 100 Å².